The molecule has 1 aliphatic rings. The van der Waals surface area contributed by atoms with Crippen LogP contribution in [0.5, 0.6) is 0 Å². The van der Waals surface area contributed by atoms with Crippen molar-refractivity contribution in [1.82, 2.24) is 4.31 Å². The predicted octanol–water partition coefficient (Wildman–Crippen LogP) is 3.37. The molecule has 2 aromatic rings. The molecule has 1 heterocycles. The van der Waals surface area contributed by atoms with Crippen molar-refractivity contribution in [3.63, 3.8) is 0 Å². The number of nitrogens with zero attached hydrogens (tertiary/aromatic N) is 1. The number of esters is 2. The lowest BCUT2D eigenvalue weighted by molar-refractivity contribution is -0.160. The summed E-state index contributed by atoms with van der Waals surface area (Å²) >= 11 is 3.40. The number of halogens is 1. The molecule has 1 aliphatic heterocycles. The SMILES string of the molecule is CCOC(=O)C1(C(=O)OCC)C(c2ccccc2Br)N1S(=O)(=O)c1ccc(C)cc1. The summed E-state index contributed by atoms with van der Waals surface area (Å²) in [6.45, 7) is 4.98. The predicted molar refractivity (Wildman–Crippen MR) is 113 cm³/mol. The summed E-state index contributed by atoms with van der Waals surface area (Å²) in [5.74, 6) is -1.92. The first-order chi connectivity index (χ1) is 14.2. The fourth-order valence-corrected chi connectivity index (χ4v) is 5.77. The van der Waals surface area contributed by atoms with Crippen molar-refractivity contribution in [3.8, 4) is 0 Å². The van der Waals surface area contributed by atoms with Crippen LogP contribution < -0.4 is 0 Å². The lowest BCUT2D eigenvalue weighted by atomic mass is 9.99. The van der Waals surface area contributed by atoms with E-state index in [1.807, 2.05) is 6.92 Å². The van der Waals surface area contributed by atoms with Gasteiger partial charge in [0.15, 0.2) is 0 Å². The van der Waals surface area contributed by atoms with Crippen LogP contribution in [0, 0.1) is 6.92 Å². The maximum Gasteiger partial charge on any atom is 0.341 e. The normalized spacial score (nSPS) is 19.7. The fraction of sp³-hybridized carbons (Fsp3) is 0.333. The van der Waals surface area contributed by atoms with Crippen LogP contribution >= 0.6 is 15.9 Å². The first-order valence-corrected chi connectivity index (χ1v) is 11.7. The molecule has 30 heavy (non-hydrogen) atoms. The largest absolute Gasteiger partial charge is 0.464 e. The third-order valence-corrected chi connectivity index (χ3v) is 7.47. The van der Waals surface area contributed by atoms with Crippen LogP contribution in [0.25, 0.3) is 0 Å². The van der Waals surface area contributed by atoms with E-state index >= 15 is 0 Å². The summed E-state index contributed by atoms with van der Waals surface area (Å²) in [7, 11) is -4.22. The van der Waals surface area contributed by atoms with Crippen LogP contribution in [-0.4, -0.2) is 43.4 Å². The molecule has 9 heteroatoms. The quantitative estimate of drug-likeness (QED) is 0.332. The van der Waals surface area contributed by atoms with Gasteiger partial charge in [-0.3, -0.25) is 0 Å². The van der Waals surface area contributed by atoms with Crippen molar-refractivity contribution in [2.75, 3.05) is 13.2 Å². The molecule has 0 aromatic heterocycles. The molecule has 160 valence electrons. The first kappa shape index (κ1) is 22.5. The molecular formula is C21H22BrNO6S. The topological polar surface area (TPSA) is 89.8 Å². The average molecular weight is 496 g/mol. The summed E-state index contributed by atoms with van der Waals surface area (Å²) in [6, 6.07) is 11.9. The molecular weight excluding hydrogens is 474 g/mol. The van der Waals surface area contributed by atoms with Gasteiger partial charge in [-0.15, -0.1) is 0 Å². The second-order valence-corrected chi connectivity index (χ2v) is 9.41. The Kier molecular flexibility index (Phi) is 6.35. The second kappa shape index (κ2) is 8.49. The van der Waals surface area contributed by atoms with E-state index < -0.39 is 33.5 Å². The Balaban J connectivity index is 2.23. The van der Waals surface area contributed by atoms with E-state index in [0.717, 1.165) is 9.87 Å². The second-order valence-electron chi connectivity index (χ2n) is 6.75. The molecule has 3 rings (SSSR count). The Hall–Kier alpha value is -2.23. The van der Waals surface area contributed by atoms with Crippen LogP contribution in [0.15, 0.2) is 57.9 Å². The molecule has 0 saturated carbocycles. The van der Waals surface area contributed by atoms with Gasteiger partial charge < -0.3 is 9.47 Å². The van der Waals surface area contributed by atoms with E-state index in [9.17, 15) is 18.0 Å². The van der Waals surface area contributed by atoms with E-state index in [-0.39, 0.29) is 18.1 Å². The molecule has 0 bridgehead atoms. The standard InChI is InChI=1S/C21H22BrNO6S/c1-4-28-19(24)21(20(25)29-5-2)18(16-8-6-7-9-17(16)22)23(21)30(26,27)15-12-10-14(3)11-13-15/h6-13,18H,4-5H2,1-3H3. The van der Waals surface area contributed by atoms with Crippen molar-refractivity contribution >= 4 is 37.9 Å². The van der Waals surface area contributed by atoms with E-state index in [4.69, 9.17) is 9.47 Å². The summed E-state index contributed by atoms with van der Waals surface area (Å²) in [4.78, 5) is 26.0. The van der Waals surface area contributed by atoms with Gasteiger partial charge >= 0.3 is 11.9 Å². The number of ether oxygens (including phenoxy) is 2. The van der Waals surface area contributed by atoms with Gasteiger partial charge in [-0.25, -0.2) is 18.0 Å². The molecule has 7 nitrogen and oxygen atoms in total. The van der Waals surface area contributed by atoms with Gasteiger partial charge in [0.2, 0.25) is 10.0 Å². The minimum absolute atomic E-state index is 0.0128. The number of sulfonamides is 1. The molecule has 0 aliphatic carbocycles. The number of benzene rings is 2. The minimum atomic E-state index is -4.22. The Labute approximate surface area is 184 Å². The van der Waals surface area contributed by atoms with Gasteiger partial charge in [-0.05, 0) is 44.5 Å². The van der Waals surface area contributed by atoms with Gasteiger partial charge in [0.05, 0.1) is 24.2 Å². The molecule has 0 amide bonds. The first-order valence-electron chi connectivity index (χ1n) is 9.42. The highest BCUT2D eigenvalue weighted by Crippen LogP contribution is 2.59. The third kappa shape index (κ3) is 3.55. The van der Waals surface area contributed by atoms with Crippen LogP contribution in [0.1, 0.15) is 31.0 Å². The zero-order valence-electron chi connectivity index (χ0n) is 16.8. The molecule has 1 saturated heterocycles. The number of hydrogen-bond donors (Lipinski definition) is 0. The Morgan fingerprint density at radius 2 is 1.53 bits per heavy atom. The molecule has 2 unspecified atom stereocenters. The van der Waals surface area contributed by atoms with Gasteiger partial charge in [0.1, 0.15) is 0 Å². The molecule has 0 spiro atoms. The maximum absolute atomic E-state index is 13.5. The fourth-order valence-electron chi connectivity index (χ4n) is 3.44. The van der Waals surface area contributed by atoms with Crippen molar-refractivity contribution in [3.05, 3.63) is 64.1 Å². The van der Waals surface area contributed by atoms with Crippen molar-refractivity contribution < 1.29 is 27.5 Å². The lowest BCUT2D eigenvalue weighted by Crippen LogP contribution is -2.43. The Morgan fingerprint density at radius 3 is 2.03 bits per heavy atom. The number of hydrogen-bond acceptors (Lipinski definition) is 6. The summed E-state index contributed by atoms with van der Waals surface area (Å²) in [6.07, 6.45) is 0. The van der Waals surface area contributed by atoms with Crippen LogP contribution in [0.3, 0.4) is 0 Å². The van der Waals surface area contributed by atoms with Crippen molar-refractivity contribution in [1.29, 1.82) is 0 Å². The summed E-state index contributed by atoms with van der Waals surface area (Å²) < 4.78 is 38.8. The molecule has 0 N–H and O–H groups in total. The molecule has 1 fully saturated rings. The molecule has 0 radical (unpaired) electrons. The zero-order valence-corrected chi connectivity index (χ0v) is 19.2. The van der Waals surface area contributed by atoms with E-state index in [1.165, 1.54) is 12.1 Å². The zero-order chi connectivity index (χ0) is 22.1. The third-order valence-electron chi connectivity index (χ3n) is 4.86. The van der Waals surface area contributed by atoms with Gasteiger partial charge in [-0.2, -0.15) is 4.31 Å². The van der Waals surface area contributed by atoms with Crippen molar-refractivity contribution in [2.24, 2.45) is 0 Å². The maximum atomic E-state index is 13.5. The van der Waals surface area contributed by atoms with Crippen LogP contribution in [0.4, 0.5) is 0 Å². The number of aryl methyl sites for hydroxylation is 1. The van der Waals surface area contributed by atoms with E-state index in [0.29, 0.717) is 10.0 Å². The number of rotatable bonds is 7. The highest BCUT2D eigenvalue weighted by Gasteiger charge is 2.81. The molecule has 2 atom stereocenters. The Bertz CT molecular complexity index is 1050. The van der Waals surface area contributed by atoms with Gasteiger partial charge in [-0.1, -0.05) is 51.8 Å². The van der Waals surface area contributed by atoms with Gasteiger partial charge in [0.25, 0.3) is 5.54 Å². The highest BCUT2D eigenvalue weighted by atomic mass is 79.9. The van der Waals surface area contributed by atoms with E-state index in [2.05, 4.69) is 15.9 Å². The Morgan fingerprint density at radius 1 is 1.00 bits per heavy atom. The number of carbonyl (C=O) groups is 2. The average Bonchev–Trinajstić information content (AvgIpc) is 3.41. The van der Waals surface area contributed by atoms with E-state index in [1.54, 1.807) is 50.2 Å². The minimum Gasteiger partial charge on any atom is -0.464 e. The van der Waals surface area contributed by atoms with Gasteiger partial charge in [0, 0.05) is 4.47 Å². The number of carbonyl (C=O) groups excluding carboxylic acids is 2. The smallest absolute Gasteiger partial charge is 0.341 e. The van der Waals surface area contributed by atoms with Crippen LogP contribution in [0.2, 0.25) is 0 Å². The monoisotopic (exact) mass is 495 g/mol. The lowest BCUT2D eigenvalue weighted by Gasteiger charge is -2.15. The highest BCUT2D eigenvalue weighted by molar-refractivity contribution is 9.10. The molecule has 2 aromatic carbocycles. The van der Waals surface area contributed by atoms with Crippen LogP contribution in [-0.2, 0) is 29.1 Å². The summed E-state index contributed by atoms with van der Waals surface area (Å²) in [5.41, 5.74) is -0.780. The summed E-state index contributed by atoms with van der Waals surface area (Å²) in [5, 5.41) is 0. The van der Waals surface area contributed by atoms with Crippen molar-refractivity contribution in [2.45, 2.75) is 37.2 Å².